The van der Waals surface area contributed by atoms with Crippen LogP contribution in [0.25, 0.3) is 0 Å². The highest BCUT2D eigenvalue weighted by molar-refractivity contribution is 7.91. The summed E-state index contributed by atoms with van der Waals surface area (Å²) in [4.78, 5) is 11.7. The predicted molar refractivity (Wildman–Crippen MR) is 65.6 cm³/mol. The zero-order chi connectivity index (χ0) is 12.3. The largest absolute Gasteiger partial charge is 0.335 e. The van der Waals surface area contributed by atoms with Crippen molar-refractivity contribution >= 4 is 15.9 Å². The Labute approximate surface area is 102 Å². The van der Waals surface area contributed by atoms with Crippen LogP contribution < -0.4 is 10.6 Å². The van der Waals surface area contributed by atoms with Crippen molar-refractivity contribution in [1.29, 1.82) is 0 Å². The Morgan fingerprint density at radius 2 is 1.59 bits per heavy atom. The molecule has 5 nitrogen and oxygen atoms in total. The average molecular weight is 260 g/mol. The molecule has 2 rings (SSSR count). The van der Waals surface area contributed by atoms with Crippen molar-refractivity contribution in [2.45, 2.75) is 50.6 Å². The van der Waals surface area contributed by atoms with E-state index in [1.165, 1.54) is 19.3 Å². The van der Waals surface area contributed by atoms with Crippen molar-refractivity contribution in [3.8, 4) is 0 Å². The minimum atomic E-state index is -2.92. The van der Waals surface area contributed by atoms with Gasteiger partial charge in [0.25, 0.3) is 0 Å². The second kappa shape index (κ2) is 5.25. The minimum absolute atomic E-state index is 0.0884. The molecular formula is C11H20N2O3S. The van der Waals surface area contributed by atoms with Gasteiger partial charge in [-0.1, -0.05) is 19.3 Å². The Kier molecular flexibility index (Phi) is 3.91. The summed E-state index contributed by atoms with van der Waals surface area (Å²) >= 11 is 0. The maximum atomic E-state index is 11.7. The number of carbonyl (C=O) groups is 1. The Hall–Kier alpha value is -0.780. The highest BCUT2D eigenvalue weighted by Gasteiger charge is 2.29. The van der Waals surface area contributed by atoms with Gasteiger partial charge in [0.2, 0.25) is 0 Å². The fourth-order valence-corrected chi connectivity index (χ4v) is 4.24. The molecule has 98 valence electrons. The van der Waals surface area contributed by atoms with Gasteiger partial charge in [-0.3, -0.25) is 0 Å². The lowest BCUT2D eigenvalue weighted by molar-refractivity contribution is 0.230. The number of sulfone groups is 1. The molecule has 1 atom stereocenters. The van der Waals surface area contributed by atoms with E-state index in [4.69, 9.17) is 0 Å². The number of amides is 2. The summed E-state index contributed by atoms with van der Waals surface area (Å²) in [6, 6.07) is -0.149. The van der Waals surface area contributed by atoms with Crippen LogP contribution in [-0.2, 0) is 9.84 Å². The minimum Gasteiger partial charge on any atom is -0.335 e. The number of nitrogens with one attached hydrogen (secondary N) is 2. The fraction of sp³-hybridized carbons (Fsp3) is 0.909. The van der Waals surface area contributed by atoms with Crippen LogP contribution in [0.3, 0.4) is 0 Å². The Morgan fingerprint density at radius 1 is 0.941 bits per heavy atom. The van der Waals surface area contributed by atoms with Crippen LogP contribution in [0.2, 0.25) is 0 Å². The first-order valence-electron chi connectivity index (χ1n) is 6.33. The lowest BCUT2D eigenvalue weighted by Crippen LogP contribution is -2.47. The van der Waals surface area contributed by atoms with Crippen LogP contribution in [0.5, 0.6) is 0 Å². The van der Waals surface area contributed by atoms with Crippen LogP contribution in [0, 0.1) is 0 Å². The lowest BCUT2D eigenvalue weighted by atomic mass is 9.96. The van der Waals surface area contributed by atoms with E-state index in [9.17, 15) is 13.2 Å². The van der Waals surface area contributed by atoms with E-state index in [2.05, 4.69) is 10.6 Å². The number of rotatable bonds is 2. The molecule has 1 heterocycles. The first-order chi connectivity index (χ1) is 8.05. The van der Waals surface area contributed by atoms with Crippen molar-refractivity contribution in [1.82, 2.24) is 10.6 Å². The summed E-state index contributed by atoms with van der Waals surface area (Å²) in [6.45, 7) is 0. The Morgan fingerprint density at radius 3 is 2.18 bits per heavy atom. The first-order valence-corrected chi connectivity index (χ1v) is 8.15. The summed E-state index contributed by atoms with van der Waals surface area (Å²) in [5, 5.41) is 5.68. The van der Waals surface area contributed by atoms with E-state index in [-0.39, 0.29) is 29.6 Å². The summed E-state index contributed by atoms with van der Waals surface area (Å²) in [6.07, 6.45) is 6.21. The highest BCUT2D eigenvalue weighted by Crippen LogP contribution is 2.17. The third kappa shape index (κ3) is 3.87. The van der Waals surface area contributed by atoms with Crippen LogP contribution >= 0.6 is 0 Å². The molecule has 0 aromatic heterocycles. The zero-order valence-corrected chi connectivity index (χ0v) is 10.8. The molecule has 17 heavy (non-hydrogen) atoms. The molecule has 1 unspecified atom stereocenters. The molecule has 0 radical (unpaired) electrons. The summed E-state index contributed by atoms with van der Waals surface area (Å²) in [7, 11) is -2.92. The SMILES string of the molecule is O=C(NC1CCCCC1)NC1CCS(=O)(=O)C1. The first kappa shape index (κ1) is 12.7. The molecule has 1 saturated carbocycles. The van der Waals surface area contributed by atoms with E-state index in [0.29, 0.717) is 6.42 Å². The molecule has 6 heteroatoms. The summed E-state index contributed by atoms with van der Waals surface area (Å²) < 4.78 is 22.5. The molecule has 0 aromatic rings. The molecule has 2 fully saturated rings. The molecule has 2 N–H and O–H groups in total. The maximum Gasteiger partial charge on any atom is 0.315 e. The van der Waals surface area contributed by atoms with E-state index in [0.717, 1.165) is 12.8 Å². The number of urea groups is 1. The van der Waals surface area contributed by atoms with E-state index < -0.39 is 9.84 Å². The molecule has 1 saturated heterocycles. The van der Waals surface area contributed by atoms with Gasteiger partial charge < -0.3 is 10.6 Å². The monoisotopic (exact) mass is 260 g/mol. The van der Waals surface area contributed by atoms with Gasteiger partial charge in [-0.25, -0.2) is 13.2 Å². The van der Waals surface area contributed by atoms with E-state index in [1.807, 2.05) is 0 Å². The normalized spacial score (nSPS) is 28.8. The van der Waals surface area contributed by atoms with Crippen LogP contribution in [0.4, 0.5) is 4.79 Å². The van der Waals surface area contributed by atoms with Gasteiger partial charge in [-0.15, -0.1) is 0 Å². The average Bonchev–Trinajstić information content (AvgIpc) is 2.59. The second-order valence-corrected chi connectivity index (χ2v) is 7.28. The lowest BCUT2D eigenvalue weighted by Gasteiger charge is -2.23. The standard InChI is InChI=1S/C11H20N2O3S/c14-11(12-9-4-2-1-3-5-9)13-10-6-7-17(15,16)8-10/h9-10H,1-8H2,(H2,12,13,14). The van der Waals surface area contributed by atoms with Crippen LogP contribution in [0.1, 0.15) is 38.5 Å². The van der Waals surface area contributed by atoms with Gasteiger partial charge in [0.1, 0.15) is 0 Å². The van der Waals surface area contributed by atoms with Gasteiger partial charge in [-0.05, 0) is 19.3 Å². The molecule has 1 aliphatic carbocycles. The topological polar surface area (TPSA) is 75.3 Å². The summed E-state index contributed by atoms with van der Waals surface area (Å²) in [5.41, 5.74) is 0. The van der Waals surface area contributed by atoms with Gasteiger partial charge in [0.15, 0.2) is 9.84 Å². The molecule has 0 aromatic carbocycles. The number of hydrogen-bond acceptors (Lipinski definition) is 3. The number of carbonyl (C=O) groups excluding carboxylic acids is 1. The van der Waals surface area contributed by atoms with E-state index in [1.54, 1.807) is 0 Å². The molecule has 2 aliphatic rings. The third-order valence-corrected chi connectivity index (χ3v) is 5.28. The quantitative estimate of drug-likeness (QED) is 0.771. The van der Waals surface area contributed by atoms with Crippen LogP contribution in [0.15, 0.2) is 0 Å². The van der Waals surface area contributed by atoms with Gasteiger partial charge in [0, 0.05) is 12.1 Å². The van der Waals surface area contributed by atoms with E-state index >= 15 is 0 Å². The van der Waals surface area contributed by atoms with Gasteiger partial charge in [-0.2, -0.15) is 0 Å². The smallest absolute Gasteiger partial charge is 0.315 e. The number of hydrogen-bond donors (Lipinski definition) is 2. The van der Waals surface area contributed by atoms with Gasteiger partial charge in [0.05, 0.1) is 11.5 Å². The maximum absolute atomic E-state index is 11.7. The fourth-order valence-electron chi connectivity index (χ4n) is 2.57. The highest BCUT2D eigenvalue weighted by atomic mass is 32.2. The second-order valence-electron chi connectivity index (χ2n) is 5.05. The molecular weight excluding hydrogens is 240 g/mol. The zero-order valence-electron chi connectivity index (χ0n) is 9.94. The van der Waals surface area contributed by atoms with Crippen LogP contribution in [-0.4, -0.2) is 38.0 Å². The molecule has 1 aliphatic heterocycles. The summed E-state index contributed by atoms with van der Waals surface area (Å²) in [5.74, 6) is 0.284. The molecule has 0 bridgehead atoms. The predicted octanol–water partition coefficient (Wildman–Crippen LogP) is 0.805. The van der Waals surface area contributed by atoms with Crippen molar-refractivity contribution in [2.75, 3.05) is 11.5 Å². The van der Waals surface area contributed by atoms with Gasteiger partial charge >= 0.3 is 6.03 Å². The van der Waals surface area contributed by atoms with Crippen molar-refractivity contribution in [3.63, 3.8) is 0 Å². The van der Waals surface area contributed by atoms with Crippen molar-refractivity contribution < 1.29 is 13.2 Å². The molecule has 2 amide bonds. The van der Waals surface area contributed by atoms with Crippen molar-refractivity contribution in [2.24, 2.45) is 0 Å². The van der Waals surface area contributed by atoms with Crippen molar-refractivity contribution in [3.05, 3.63) is 0 Å². The molecule has 0 spiro atoms. The third-order valence-electron chi connectivity index (χ3n) is 3.51. The Bertz CT molecular complexity index is 374. The Balaban J connectivity index is 1.74.